The average Bonchev–Trinajstić information content (AvgIpc) is 3.11. The molecule has 0 aromatic carbocycles. The Morgan fingerprint density at radius 2 is 0.812 bits per heavy atom. The van der Waals surface area contributed by atoms with Crippen molar-refractivity contribution in [3.8, 4) is 0 Å². The third kappa shape index (κ3) is 6.37. The minimum atomic E-state index is -3.11. The average molecular weight is 536 g/mol. The summed E-state index contributed by atoms with van der Waals surface area (Å²) in [4.78, 5) is 0. The van der Waals surface area contributed by atoms with Gasteiger partial charge >= 0.3 is 192 Å². The van der Waals surface area contributed by atoms with Crippen LogP contribution in [-0.4, -0.2) is 7.63 Å². The number of hydrogen-bond donors (Lipinski definition) is 0. The second kappa shape index (κ2) is 9.16. The van der Waals surface area contributed by atoms with E-state index in [1.165, 1.54) is 12.8 Å². The molecule has 0 radical (unpaired) electrons. The maximum absolute atomic E-state index is 3.11. The third-order valence-corrected chi connectivity index (χ3v) is 18.5. The summed E-state index contributed by atoms with van der Waals surface area (Å²) >= 11 is -3.11. The Labute approximate surface area is 215 Å². The van der Waals surface area contributed by atoms with Gasteiger partial charge < -0.3 is 0 Å². The molecule has 0 heterocycles. The summed E-state index contributed by atoms with van der Waals surface area (Å²) in [7, 11) is 2.43. The van der Waals surface area contributed by atoms with Crippen molar-refractivity contribution in [3.05, 3.63) is 42.2 Å². The van der Waals surface area contributed by atoms with Crippen LogP contribution in [0.25, 0.3) is 0 Å². The molecule has 0 aliphatic heterocycles. The molecule has 0 spiro atoms. The number of rotatable bonds is 2. The van der Waals surface area contributed by atoms with Crippen LogP contribution >= 0.6 is 24.8 Å². The molecule has 0 fully saturated rings. The molecule has 2 rings (SSSR count). The summed E-state index contributed by atoms with van der Waals surface area (Å²) in [6.45, 7) is 28.9. The Morgan fingerprint density at radius 1 is 0.562 bits per heavy atom. The van der Waals surface area contributed by atoms with Gasteiger partial charge in [-0.05, 0) is 0 Å². The Bertz CT molecular complexity index is 865. The minimum absolute atomic E-state index is 0. The third-order valence-electron chi connectivity index (χ3n) is 7.50. The Hall–Kier alpha value is 0.471. The predicted octanol–water partition coefficient (Wildman–Crippen LogP) is 9.52. The fourth-order valence-electron chi connectivity index (χ4n) is 5.11. The van der Waals surface area contributed by atoms with Crippen LogP contribution in [0.4, 0.5) is 0 Å². The van der Waals surface area contributed by atoms with E-state index in [2.05, 4.69) is 113 Å². The molecular formula is C28H52Cl2SiTi. The second-order valence-corrected chi connectivity index (χ2v) is 34.2. The molecule has 0 aromatic heterocycles. The van der Waals surface area contributed by atoms with E-state index in [-0.39, 0.29) is 46.5 Å². The fourth-order valence-corrected chi connectivity index (χ4v) is 14.7. The Morgan fingerprint density at radius 3 is 1.00 bits per heavy atom. The first-order valence-electron chi connectivity index (χ1n) is 11.9. The molecule has 0 amide bonds. The number of allylic oxidation sites excluding steroid dienone is 8. The topological polar surface area (TPSA) is 0 Å². The van der Waals surface area contributed by atoms with Crippen LogP contribution < -0.4 is 0 Å². The summed E-state index contributed by atoms with van der Waals surface area (Å²) in [5.74, 6) is 0. The van der Waals surface area contributed by atoms with Crippen LogP contribution in [0.15, 0.2) is 42.2 Å². The first-order chi connectivity index (χ1) is 12.9. The molecule has 0 saturated carbocycles. The molecule has 186 valence electrons. The van der Waals surface area contributed by atoms with Crippen molar-refractivity contribution in [2.24, 2.45) is 21.7 Å². The predicted molar refractivity (Wildman–Crippen MR) is 152 cm³/mol. The van der Waals surface area contributed by atoms with Gasteiger partial charge in [0.15, 0.2) is 0 Å². The fraction of sp³-hybridized carbons (Fsp3) is 0.714. The maximum Gasteiger partial charge on any atom is -0.147 e. The molecule has 0 atom stereocenters. The van der Waals surface area contributed by atoms with Gasteiger partial charge in [0.05, 0.1) is 0 Å². The molecule has 0 nitrogen and oxygen atoms in total. The van der Waals surface area contributed by atoms with Crippen LogP contribution in [0.3, 0.4) is 0 Å². The van der Waals surface area contributed by atoms with Gasteiger partial charge in [0, 0.05) is 0 Å². The molecule has 0 unspecified atom stereocenters. The summed E-state index contributed by atoms with van der Waals surface area (Å²) in [6.07, 6.45) is 7.58. The smallest absolute Gasteiger partial charge is 0.147 e. The zero-order valence-corrected chi connectivity index (χ0v) is 28.2. The van der Waals surface area contributed by atoms with Crippen LogP contribution in [0.2, 0.25) is 10.5 Å². The quantitative estimate of drug-likeness (QED) is 0.309. The SMILES string of the molecule is CC(C)(C)C1=CC(C(C)(C)C)=[C]([Ti]([CH3])([CH3])(=[SiH2])[C]2=C(C(C)(C)C)C=C(C(C)(C)C)C2)C1.Cl.Cl. The van der Waals surface area contributed by atoms with Crippen molar-refractivity contribution in [1.82, 2.24) is 0 Å². The van der Waals surface area contributed by atoms with E-state index in [1.807, 2.05) is 7.76 Å². The van der Waals surface area contributed by atoms with Crippen LogP contribution in [0, 0.1) is 21.7 Å². The molecule has 2 aliphatic rings. The standard InChI is InChI=1S/2C13H21.2CH3.2ClH.H2Si.Ti/c2*1-12(2,3)10-7-8-11(9-10)13(4,5)6;;;;;;/h2*9H,7H2,1-6H3;2*1H3;2*1H;1H2;. The summed E-state index contributed by atoms with van der Waals surface area (Å²) in [5.41, 5.74) is 7.43. The maximum atomic E-state index is 2.72. The van der Waals surface area contributed by atoms with Gasteiger partial charge in [-0.15, -0.1) is 24.8 Å². The summed E-state index contributed by atoms with van der Waals surface area (Å²) in [6, 6.07) is 0. The van der Waals surface area contributed by atoms with Crippen molar-refractivity contribution in [3.63, 3.8) is 0 Å². The molecule has 4 heteroatoms. The van der Waals surface area contributed by atoms with E-state index >= 15 is 0 Å². The summed E-state index contributed by atoms with van der Waals surface area (Å²) in [5, 5.41) is 5.44. The van der Waals surface area contributed by atoms with Gasteiger partial charge in [0.2, 0.25) is 0 Å². The van der Waals surface area contributed by atoms with Crippen molar-refractivity contribution in [2.75, 3.05) is 0 Å². The molecular weight excluding hydrogens is 483 g/mol. The normalized spacial score (nSPS) is 19.0. The largest absolute Gasteiger partial charge is 0.147 e. The number of hydrogen-bond acceptors (Lipinski definition) is 0. The monoisotopic (exact) mass is 534 g/mol. The van der Waals surface area contributed by atoms with E-state index in [1.54, 1.807) is 22.3 Å². The van der Waals surface area contributed by atoms with Crippen molar-refractivity contribution >= 4 is 32.4 Å². The molecule has 32 heavy (non-hydrogen) atoms. The summed E-state index contributed by atoms with van der Waals surface area (Å²) < 4.78 is 3.67. The van der Waals surface area contributed by atoms with Gasteiger partial charge in [-0.1, -0.05) is 0 Å². The van der Waals surface area contributed by atoms with Crippen molar-refractivity contribution in [1.29, 1.82) is 0 Å². The van der Waals surface area contributed by atoms with Crippen molar-refractivity contribution in [2.45, 2.75) is 106 Å². The van der Waals surface area contributed by atoms with E-state index in [4.69, 9.17) is 0 Å². The van der Waals surface area contributed by atoms with Gasteiger partial charge in [-0.25, -0.2) is 0 Å². The molecule has 0 saturated heterocycles. The number of halogens is 2. The zero-order chi connectivity index (χ0) is 23.7. The van der Waals surface area contributed by atoms with Crippen molar-refractivity contribution < 1.29 is 14.0 Å². The Kier molecular flexibility index (Phi) is 9.30. The van der Waals surface area contributed by atoms with Gasteiger partial charge in [0.25, 0.3) is 0 Å². The van der Waals surface area contributed by atoms with E-state index in [0.29, 0.717) is 0 Å². The van der Waals surface area contributed by atoms with Gasteiger partial charge in [-0.2, -0.15) is 0 Å². The minimum Gasteiger partial charge on any atom is -0.147 e. The molecule has 2 aliphatic carbocycles. The first-order valence-corrected chi connectivity index (χ1v) is 20.6. The second-order valence-electron chi connectivity index (χ2n) is 15.2. The Balaban J connectivity index is 0.00000480. The van der Waals surface area contributed by atoms with E-state index < -0.39 is 14.0 Å². The van der Waals surface area contributed by atoms with E-state index in [9.17, 15) is 0 Å². The van der Waals surface area contributed by atoms with Gasteiger partial charge in [-0.3, -0.25) is 0 Å². The first kappa shape index (κ1) is 32.5. The molecule has 0 bridgehead atoms. The van der Waals surface area contributed by atoms with E-state index in [0.717, 1.165) is 0 Å². The van der Waals surface area contributed by atoms with Crippen LogP contribution in [-0.2, 0) is 14.0 Å². The zero-order valence-electron chi connectivity index (χ0n) is 23.6. The van der Waals surface area contributed by atoms with Crippen LogP contribution in [0.5, 0.6) is 0 Å². The van der Waals surface area contributed by atoms with Crippen LogP contribution in [0.1, 0.15) is 95.9 Å². The molecule has 0 N–H and O–H groups in total. The molecule has 0 aromatic rings. The van der Waals surface area contributed by atoms with Gasteiger partial charge in [0.1, 0.15) is 0 Å².